The number of halogens is 1. The summed E-state index contributed by atoms with van der Waals surface area (Å²) in [6.45, 7) is 3.21. The number of anilines is 1. The van der Waals surface area contributed by atoms with Crippen molar-refractivity contribution in [1.29, 1.82) is 0 Å². The van der Waals surface area contributed by atoms with Gasteiger partial charge in [-0.2, -0.15) is 0 Å². The topological polar surface area (TPSA) is 84.9 Å². The molecule has 0 spiro atoms. The Hall–Kier alpha value is -2.73. The minimum atomic E-state index is -1.06. The van der Waals surface area contributed by atoms with Crippen LogP contribution in [0.3, 0.4) is 0 Å². The van der Waals surface area contributed by atoms with Crippen molar-refractivity contribution < 1.29 is 24.2 Å². The number of benzene rings is 2. The molecular weight excluding hydrogens is 346 g/mol. The van der Waals surface area contributed by atoms with E-state index in [2.05, 4.69) is 5.32 Å². The van der Waals surface area contributed by atoms with Crippen molar-refractivity contribution in [3.63, 3.8) is 0 Å². The Balaban J connectivity index is 2.05. The SMILES string of the molecule is COc1ccc(C(=O)O[C@H](C)C(=O)Nc2cccc(Cl)c2C)c(O)c1. The third-order valence-corrected chi connectivity index (χ3v) is 4.01. The van der Waals surface area contributed by atoms with Crippen molar-refractivity contribution in [2.24, 2.45) is 0 Å². The van der Waals surface area contributed by atoms with Gasteiger partial charge in [0.05, 0.1) is 7.11 Å². The second-order valence-electron chi connectivity index (χ2n) is 5.33. The number of phenols is 1. The first-order valence-corrected chi connectivity index (χ1v) is 7.85. The monoisotopic (exact) mass is 363 g/mol. The lowest BCUT2D eigenvalue weighted by Crippen LogP contribution is -2.30. The highest BCUT2D eigenvalue weighted by Gasteiger charge is 2.22. The van der Waals surface area contributed by atoms with Crippen LogP contribution in [0.2, 0.25) is 5.02 Å². The molecule has 2 rings (SSSR count). The summed E-state index contributed by atoms with van der Waals surface area (Å²) in [5.74, 6) is -1.21. The van der Waals surface area contributed by atoms with Crippen molar-refractivity contribution in [1.82, 2.24) is 0 Å². The molecule has 0 radical (unpaired) electrons. The minimum Gasteiger partial charge on any atom is -0.507 e. The number of amides is 1. The number of rotatable bonds is 5. The predicted octanol–water partition coefficient (Wildman–Crippen LogP) is 3.55. The van der Waals surface area contributed by atoms with Crippen LogP contribution >= 0.6 is 11.6 Å². The van der Waals surface area contributed by atoms with Gasteiger partial charge >= 0.3 is 5.97 Å². The Morgan fingerprint density at radius 1 is 1.24 bits per heavy atom. The normalized spacial score (nSPS) is 11.5. The highest BCUT2D eigenvalue weighted by molar-refractivity contribution is 6.31. The van der Waals surface area contributed by atoms with E-state index in [1.165, 1.54) is 32.2 Å². The highest BCUT2D eigenvalue weighted by Crippen LogP contribution is 2.25. The molecule has 2 aromatic rings. The van der Waals surface area contributed by atoms with E-state index < -0.39 is 18.0 Å². The van der Waals surface area contributed by atoms with E-state index in [4.69, 9.17) is 21.1 Å². The highest BCUT2D eigenvalue weighted by atomic mass is 35.5. The van der Waals surface area contributed by atoms with E-state index in [0.29, 0.717) is 22.0 Å². The minimum absolute atomic E-state index is 0.0561. The fraction of sp³-hybridized carbons (Fsp3) is 0.222. The quantitative estimate of drug-likeness (QED) is 0.793. The second-order valence-corrected chi connectivity index (χ2v) is 5.74. The van der Waals surface area contributed by atoms with Crippen LogP contribution in [-0.4, -0.2) is 30.2 Å². The van der Waals surface area contributed by atoms with Crippen molar-refractivity contribution >= 4 is 29.2 Å². The van der Waals surface area contributed by atoms with E-state index in [9.17, 15) is 14.7 Å². The van der Waals surface area contributed by atoms with Crippen molar-refractivity contribution in [3.8, 4) is 11.5 Å². The third-order valence-electron chi connectivity index (χ3n) is 3.60. The lowest BCUT2D eigenvalue weighted by Gasteiger charge is -2.15. The Morgan fingerprint density at radius 2 is 1.96 bits per heavy atom. The summed E-state index contributed by atoms with van der Waals surface area (Å²) < 4.78 is 10.1. The average molecular weight is 364 g/mol. The number of carbonyl (C=O) groups excluding carboxylic acids is 2. The first-order chi connectivity index (χ1) is 11.8. The number of ether oxygens (including phenoxy) is 2. The van der Waals surface area contributed by atoms with Gasteiger partial charge in [-0.1, -0.05) is 17.7 Å². The number of phenolic OH excluding ortho intramolecular Hbond substituents is 1. The Labute approximate surface area is 150 Å². The maximum atomic E-state index is 12.2. The fourth-order valence-corrected chi connectivity index (χ4v) is 2.24. The Kier molecular flexibility index (Phi) is 5.88. The zero-order valence-electron chi connectivity index (χ0n) is 14.0. The number of methoxy groups -OCH3 is 1. The predicted molar refractivity (Wildman–Crippen MR) is 94.4 cm³/mol. The number of hydrogen-bond donors (Lipinski definition) is 2. The van der Waals surface area contributed by atoms with Gasteiger partial charge in [-0.3, -0.25) is 4.79 Å². The molecule has 1 amide bonds. The van der Waals surface area contributed by atoms with Crippen LogP contribution < -0.4 is 10.1 Å². The summed E-state index contributed by atoms with van der Waals surface area (Å²) in [7, 11) is 1.44. The van der Waals surface area contributed by atoms with Gasteiger partial charge in [0.25, 0.3) is 5.91 Å². The zero-order chi connectivity index (χ0) is 18.6. The summed E-state index contributed by atoms with van der Waals surface area (Å²) in [5.41, 5.74) is 1.19. The number of hydrogen-bond acceptors (Lipinski definition) is 5. The Morgan fingerprint density at radius 3 is 2.60 bits per heavy atom. The van der Waals surface area contributed by atoms with Gasteiger partial charge in [-0.15, -0.1) is 0 Å². The van der Waals surface area contributed by atoms with Crippen LogP contribution in [0.4, 0.5) is 5.69 Å². The number of carbonyl (C=O) groups is 2. The van der Waals surface area contributed by atoms with Crippen LogP contribution in [0.5, 0.6) is 11.5 Å². The summed E-state index contributed by atoms with van der Waals surface area (Å²) in [4.78, 5) is 24.3. The van der Waals surface area contributed by atoms with E-state index in [0.717, 1.165) is 0 Å². The van der Waals surface area contributed by atoms with Crippen molar-refractivity contribution in [2.75, 3.05) is 12.4 Å². The largest absolute Gasteiger partial charge is 0.507 e. The van der Waals surface area contributed by atoms with Gasteiger partial charge in [0.1, 0.15) is 17.1 Å². The molecule has 7 heteroatoms. The molecule has 25 heavy (non-hydrogen) atoms. The molecule has 0 bridgehead atoms. The van der Waals surface area contributed by atoms with Crippen molar-refractivity contribution in [2.45, 2.75) is 20.0 Å². The summed E-state index contributed by atoms with van der Waals surface area (Å²) in [6, 6.07) is 9.28. The Bertz CT molecular complexity index is 806. The van der Waals surface area contributed by atoms with E-state index >= 15 is 0 Å². The van der Waals surface area contributed by atoms with Gasteiger partial charge in [0.15, 0.2) is 6.10 Å². The first kappa shape index (κ1) is 18.6. The molecule has 0 heterocycles. The summed E-state index contributed by atoms with van der Waals surface area (Å²) in [6.07, 6.45) is -1.06. The molecule has 2 aromatic carbocycles. The van der Waals surface area contributed by atoms with Gasteiger partial charge < -0.3 is 19.9 Å². The van der Waals surface area contributed by atoms with Crippen molar-refractivity contribution in [3.05, 3.63) is 52.5 Å². The molecular formula is C18H18ClNO5. The fourth-order valence-electron chi connectivity index (χ4n) is 2.07. The van der Waals surface area contributed by atoms with Crippen LogP contribution in [0, 0.1) is 6.92 Å². The van der Waals surface area contributed by atoms with Crippen LogP contribution in [0.25, 0.3) is 0 Å². The van der Waals surface area contributed by atoms with Crippen LogP contribution in [0.15, 0.2) is 36.4 Å². The second kappa shape index (κ2) is 7.90. The maximum absolute atomic E-state index is 12.2. The standard InChI is InChI=1S/C18H18ClNO5/c1-10-14(19)5-4-6-15(10)20-17(22)11(2)25-18(23)13-8-7-12(24-3)9-16(13)21/h4-9,11,21H,1-3H3,(H,20,22)/t11-/m1/s1. The van der Waals surface area contributed by atoms with E-state index in [-0.39, 0.29) is 11.3 Å². The van der Waals surface area contributed by atoms with E-state index in [1.54, 1.807) is 25.1 Å². The molecule has 0 saturated carbocycles. The molecule has 132 valence electrons. The molecule has 0 aliphatic rings. The summed E-state index contributed by atoms with van der Waals surface area (Å²) in [5, 5.41) is 13.0. The van der Waals surface area contributed by atoms with Gasteiger partial charge in [-0.05, 0) is 43.7 Å². The summed E-state index contributed by atoms with van der Waals surface area (Å²) >= 11 is 6.01. The van der Waals surface area contributed by atoms with E-state index in [1.807, 2.05) is 0 Å². The van der Waals surface area contributed by atoms with Gasteiger partial charge in [0.2, 0.25) is 0 Å². The molecule has 0 fully saturated rings. The van der Waals surface area contributed by atoms with Crippen LogP contribution in [0.1, 0.15) is 22.8 Å². The van der Waals surface area contributed by atoms with Gasteiger partial charge in [-0.25, -0.2) is 4.79 Å². The first-order valence-electron chi connectivity index (χ1n) is 7.47. The lowest BCUT2D eigenvalue weighted by molar-refractivity contribution is -0.123. The average Bonchev–Trinajstić information content (AvgIpc) is 2.58. The number of nitrogens with one attached hydrogen (secondary N) is 1. The molecule has 0 unspecified atom stereocenters. The van der Waals surface area contributed by atoms with Gasteiger partial charge in [0, 0.05) is 16.8 Å². The number of aromatic hydroxyl groups is 1. The lowest BCUT2D eigenvalue weighted by atomic mass is 10.2. The zero-order valence-corrected chi connectivity index (χ0v) is 14.8. The van der Waals surface area contributed by atoms with Crippen LogP contribution in [-0.2, 0) is 9.53 Å². The molecule has 0 saturated heterocycles. The molecule has 0 aliphatic heterocycles. The molecule has 0 aliphatic carbocycles. The maximum Gasteiger partial charge on any atom is 0.342 e. The molecule has 6 nitrogen and oxygen atoms in total. The molecule has 1 atom stereocenters. The molecule has 2 N–H and O–H groups in total. The smallest absolute Gasteiger partial charge is 0.342 e. The molecule has 0 aromatic heterocycles. The third kappa shape index (κ3) is 4.42. The number of esters is 1.